The van der Waals surface area contributed by atoms with Gasteiger partial charge in [-0.1, -0.05) is 24.3 Å². The van der Waals surface area contributed by atoms with E-state index in [9.17, 15) is 8.78 Å². The predicted octanol–water partition coefficient (Wildman–Crippen LogP) is 2.36. The van der Waals surface area contributed by atoms with Crippen LogP contribution in [0.1, 0.15) is 18.1 Å². The van der Waals surface area contributed by atoms with Gasteiger partial charge in [-0.2, -0.15) is 0 Å². The lowest BCUT2D eigenvalue weighted by atomic mass is 10.1. The van der Waals surface area contributed by atoms with Crippen LogP contribution in [0.4, 0.5) is 8.78 Å². The van der Waals surface area contributed by atoms with Crippen LogP contribution in [0, 0.1) is 0 Å². The highest BCUT2D eigenvalue weighted by molar-refractivity contribution is 5.24. The first kappa shape index (κ1) is 11.1. The van der Waals surface area contributed by atoms with E-state index < -0.39 is 5.92 Å². The fourth-order valence-corrected chi connectivity index (χ4v) is 1.30. The van der Waals surface area contributed by atoms with Gasteiger partial charge in [0.2, 0.25) is 5.92 Å². The fourth-order valence-electron chi connectivity index (χ4n) is 1.30. The van der Waals surface area contributed by atoms with Gasteiger partial charge in [0.15, 0.2) is 0 Å². The van der Waals surface area contributed by atoms with Crippen molar-refractivity contribution in [2.24, 2.45) is 0 Å². The summed E-state index contributed by atoms with van der Waals surface area (Å²) in [6, 6.07) is 6.77. The molecule has 0 unspecified atom stereocenters. The quantitative estimate of drug-likeness (QED) is 0.733. The van der Waals surface area contributed by atoms with E-state index in [1.54, 1.807) is 24.3 Å². The van der Waals surface area contributed by atoms with Crippen molar-refractivity contribution in [2.45, 2.75) is 25.8 Å². The average molecular weight is 201 g/mol. The Morgan fingerprint density at radius 1 is 1.36 bits per heavy atom. The molecule has 0 aliphatic heterocycles. The molecular formula is C10H13F2NO. The van der Waals surface area contributed by atoms with Crippen LogP contribution in [0.5, 0.6) is 0 Å². The van der Waals surface area contributed by atoms with E-state index in [2.05, 4.69) is 0 Å². The Labute approximate surface area is 81.5 Å². The molecule has 0 atom stereocenters. The molecule has 0 saturated heterocycles. The first-order valence-electron chi connectivity index (χ1n) is 4.34. The Balaban J connectivity index is 2.73. The molecule has 0 aromatic heterocycles. The second-order valence-electron chi connectivity index (χ2n) is 3.40. The largest absolute Gasteiger partial charge is 0.316 e. The van der Waals surface area contributed by atoms with Gasteiger partial charge in [-0.25, -0.2) is 14.3 Å². The topological polar surface area (TPSA) is 32.3 Å². The third-order valence-electron chi connectivity index (χ3n) is 1.79. The summed E-state index contributed by atoms with van der Waals surface area (Å²) >= 11 is 0. The van der Waals surface area contributed by atoms with Crippen molar-refractivity contribution >= 4 is 0 Å². The lowest BCUT2D eigenvalue weighted by Crippen LogP contribution is -2.14. The van der Waals surface area contributed by atoms with Crippen LogP contribution in [0.25, 0.3) is 0 Å². The van der Waals surface area contributed by atoms with E-state index >= 15 is 0 Å². The summed E-state index contributed by atoms with van der Waals surface area (Å²) in [5, 5.41) is 8.45. The highest BCUT2D eigenvalue weighted by Crippen LogP contribution is 2.19. The molecule has 1 aromatic carbocycles. The zero-order valence-corrected chi connectivity index (χ0v) is 7.93. The van der Waals surface area contributed by atoms with Crippen LogP contribution < -0.4 is 5.48 Å². The minimum absolute atomic E-state index is 0.267. The van der Waals surface area contributed by atoms with Gasteiger partial charge in [0.25, 0.3) is 0 Å². The first-order valence-corrected chi connectivity index (χ1v) is 4.34. The minimum Gasteiger partial charge on any atom is -0.316 e. The van der Waals surface area contributed by atoms with Crippen molar-refractivity contribution < 1.29 is 14.0 Å². The molecule has 1 aromatic rings. The molecule has 14 heavy (non-hydrogen) atoms. The fraction of sp³-hybridized carbons (Fsp3) is 0.400. The normalized spacial score (nSPS) is 11.7. The van der Waals surface area contributed by atoms with Gasteiger partial charge >= 0.3 is 0 Å². The summed E-state index contributed by atoms with van der Waals surface area (Å²) < 4.78 is 25.3. The number of hydroxylamine groups is 1. The third-order valence-corrected chi connectivity index (χ3v) is 1.79. The number of halogens is 2. The molecule has 0 aliphatic rings. The number of rotatable bonds is 4. The van der Waals surface area contributed by atoms with Crippen molar-refractivity contribution in [3.8, 4) is 0 Å². The molecule has 2 N–H and O–H groups in total. The molecule has 4 heteroatoms. The van der Waals surface area contributed by atoms with Crippen molar-refractivity contribution in [1.82, 2.24) is 5.48 Å². The Morgan fingerprint density at radius 2 is 2.00 bits per heavy atom. The summed E-state index contributed by atoms with van der Waals surface area (Å²) in [4.78, 5) is 0. The standard InChI is InChI=1S/C10H13F2NO/c1-10(11,12)6-8-3-2-4-9(5-8)7-13-14/h2-5,13-14H,6-7H2,1H3. The van der Waals surface area contributed by atoms with Crippen molar-refractivity contribution in [1.29, 1.82) is 0 Å². The maximum Gasteiger partial charge on any atom is 0.249 e. The number of hydrogen-bond acceptors (Lipinski definition) is 2. The first-order chi connectivity index (χ1) is 6.51. The van der Waals surface area contributed by atoms with Gasteiger partial charge in [-0.3, -0.25) is 0 Å². The van der Waals surface area contributed by atoms with Crippen LogP contribution in [-0.4, -0.2) is 11.1 Å². The third kappa shape index (κ3) is 3.81. The second-order valence-corrected chi connectivity index (χ2v) is 3.40. The molecule has 2 nitrogen and oxygen atoms in total. The second kappa shape index (κ2) is 4.48. The van der Waals surface area contributed by atoms with Crippen molar-refractivity contribution in [3.63, 3.8) is 0 Å². The van der Waals surface area contributed by atoms with E-state index in [1.807, 2.05) is 5.48 Å². The minimum atomic E-state index is -2.69. The van der Waals surface area contributed by atoms with E-state index in [0.717, 1.165) is 12.5 Å². The molecule has 0 bridgehead atoms. The number of nitrogens with one attached hydrogen (secondary N) is 1. The number of benzene rings is 1. The maximum absolute atomic E-state index is 12.7. The number of hydrogen-bond donors (Lipinski definition) is 2. The maximum atomic E-state index is 12.7. The summed E-state index contributed by atoms with van der Waals surface area (Å²) in [7, 11) is 0. The molecular weight excluding hydrogens is 188 g/mol. The van der Waals surface area contributed by atoms with E-state index in [0.29, 0.717) is 5.56 Å². The van der Waals surface area contributed by atoms with E-state index in [1.165, 1.54) is 0 Å². The molecule has 1 rings (SSSR count). The molecule has 0 aliphatic carbocycles. The molecule has 0 heterocycles. The average Bonchev–Trinajstić information content (AvgIpc) is 2.02. The van der Waals surface area contributed by atoms with Gasteiger partial charge in [0.1, 0.15) is 0 Å². The van der Waals surface area contributed by atoms with Gasteiger partial charge in [0.05, 0.1) is 0 Å². The van der Waals surface area contributed by atoms with Crippen LogP contribution in [0.3, 0.4) is 0 Å². The van der Waals surface area contributed by atoms with Gasteiger partial charge in [-0.05, 0) is 18.1 Å². The molecule has 0 amide bonds. The van der Waals surface area contributed by atoms with Gasteiger partial charge < -0.3 is 5.21 Å². The van der Waals surface area contributed by atoms with Crippen LogP contribution >= 0.6 is 0 Å². The van der Waals surface area contributed by atoms with E-state index in [-0.39, 0.29) is 13.0 Å². The molecule has 0 spiro atoms. The van der Waals surface area contributed by atoms with Gasteiger partial charge in [0, 0.05) is 13.0 Å². The SMILES string of the molecule is CC(F)(F)Cc1cccc(CNO)c1. The summed E-state index contributed by atoms with van der Waals surface area (Å²) in [6.45, 7) is 1.16. The molecule has 0 saturated carbocycles. The zero-order valence-electron chi connectivity index (χ0n) is 7.93. The summed E-state index contributed by atoms with van der Waals surface area (Å²) in [5.41, 5.74) is 3.35. The molecule has 0 fully saturated rings. The Hall–Kier alpha value is -1.00. The lowest BCUT2D eigenvalue weighted by Gasteiger charge is -2.10. The predicted molar refractivity (Wildman–Crippen MR) is 49.4 cm³/mol. The Kier molecular flexibility index (Phi) is 3.55. The lowest BCUT2D eigenvalue weighted by molar-refractivity contribution is 0.0226. The molecule has 0 radical (unpaired) electrons. The van der Waals surface area contributed by atoms with Crippen LogP contribution in [-0.2, 0) is 13.0 Å². The van der Waals surface area contributed by atoms with Gasteiger partial charge in [-0.15, -0.1) is 0 Å². The Bertz CT molecular complexity index is 296. The summed E-state index contributed by atoms with van der Waals surface area (Å²) in [5.74, 6) is -2.69. The molecule has 78 valence electrons. The van der Waals surface area contributed by atoms with Crippen LogP contribution in [0.15, 0.2) is 24.3 Å². The highest BCUT2D eigenvalue weighted by Gasteiger charge is 2.21. The smallest absolute Gasteiger partial charge is 0.249 e. The van der Waals surface area contributed by atoms with E-state index in [4.69, 9.17) is 5.21 Å². The van der Waals surface area contributed by atoms with Crippen molar-refractivity contribution in [2.75, 3.05) is 0 Å². The zero-order chi connectivity index (χ0) is 10.6. The summed E-state index contributed by atoms with van der Waals surface area (Å²) in [6.07, 6.45) is -0.272. The van der Waals surface area contributed by atoms with Crippen molar-refractivity contribution in [3.05, 3.63) is 35.4 Å². The monoisotopic (exact) mass is 201 g/mol. The highest BCUT2D eigenvalue weighted by atomic mass is 19.3. The Morgan fingerprint density at radius 3 is 2.57 bits per heavy atom. The number of alkyl halides is 2. The van der Waals surface area contributed by atoms with Crippen LogP contribution in [0.2, 0.25) is 0 Å².